The van der Waals surface area contributed by atoms with Crippen molar-refractivity contribution in [3.05, 3.63) is 58.1 Å². The highest BCUT2D eigenvalue weighted by Gasteiger charge is 2.22. The van der Waals surface area contributed by atoms with Crippen LogP contribution in [0.4, 0.5) is 4.39 Å². The molecule has 0 amide bonds. The molecule has 12 heteroatoms. The zero-order chi connectivity index (χ0) is 23.4. The minimum atomic E-state index is -0.527. The summed E-state index contributed by atoms with van der Waals surface area (Å²) in [5, 5.41) is 8.80. The molecule has 0 aliphatic heterocycles. The molecular formula is C21H17FN2O5S4. The number of carbonyl (C=O) groups is 2. The quantitative estimate of drug-likeness (QED) is 0.192. The number of carbonyl (C=O) groups excluding carboxylic acids is 2. The first-order valence-electron chi connectivity index (χ1n) is 9.63. The van der Waals surface area contributed by atoms with Gasteiger partial charge in [0.05, 0.1) is 19.5 Å². The van der Waals surface area contributed by atoms with Gasteiger partial charge < -0.3 is 13.9 Å². The predicted molar refractivity (Wildman–Crippen MR) is 127 cm³/mol. The first-order valence-corrected chi connectivity index (χ1v) is 13.2. The number of benzene rings is 1. The fraction of sp³-hybridized carbons (Fsp3) is 0.238. The van der Waals surface area contributed by atoms with E-state index >= 15 is 0 Å². The highest BCUT2D eigenvalue weighted by atomic mass is 32.2. The van der Waals surface area contributed by atoms with Gasteiger partial charge in [0.15, 0.2) is 8.68 Å². The van der Waals surface area contributed by atoms with E-state index in [-0.39, 0.29) is 18.2 Å². The molecular weight excluding hydrogens is 508 g/mol. The number of furan rings is 1. The van der Waals surface area contributed by atoms with Gasteiger partial charge in [-0.25, -0.2) is 14.0 Å². The van der Waals surface area contributed by atoms with Gasteiger partial charge in [-0.05, 0) is 36.8 Å². The Kier molecular flexibility index (Phi) is 7.68. The van der Waals surface area contributed by atoms with Crippen LogP contribution in [-0.4, -0.2) is 35.9 Å². The highest BCUT2D eigenvalue weighted by Crippen LogP contribution is 2.39. The Morgan fingerprint density at radius 3 is 2.55 bits per heavy atom. The van der Waals surface area contributed by atoms with Gasteiger partial charge in [0, 0.05) is 15.8 Å². The lowest BCUT2D eigenvalue weighted by atomic mass is 10.1. The molecule has 0 radical (unpaired) electrons. The van der Waals surface area contributed by atoms with E-state index in [1.807, 2.05) is 0 Å². The number of methoxy groups -OCH3 is 1. The van der Waals surface area contributed by atoms with E-state index in [4.69, 9.17) is 9.15 Å². The summed E-state index contributed by atoms with van der Waals surface area (Å²) in [6.07, 6.45) is 0. The van der Waals surface area contributed by atoms with Crippen molar-refractivity contribution in [3.63, 3.8) is 0 Å². The Hall–Kier alpha value is -2.41. The summed E-state index contributed by atoms with van der Waals surface area (Å²) in [5.74, 6) is 0.248. The molecule has 0 bridgehead atoms. The summed E-state index contributed by atoms with van der Waals surface area (Å²) in [4.78, 5) is 24.3. The molecule has 0 aliphatic carbocycles. The zero-order valence-electron chi connectivity index (χ0n) is 17.5. The lowest BCUT2D eigenvalue weighted by Gasteiger charge is -2.04. The molecule has 172 valence electrons. The molecule has 0 saturated heterocycles. The first-order chi connectivity index (χ1) is 16.0. The van der Waals surface area contributed by atoms with Gasteiger partial charge in [0.25, 0.3) is 0 Å². The molecule has 7 nitrogen and oxygen atoms in total. The van der Waals surface area contributed by atoms with Crippen LogP contribution in [0.25, 0.3) is 10.1 Å². The maximum Gasteiger partial charge on any atom is 0.373 e. The van der Waals surface area contributed by atoms with Crippen LogP contribution in [0.3, 0.4) is 0 Å². The van der Waals surface area contributed by atoms with Gasteiger partial charge in [-0.15, -0.1) is 21.5 Å². The van der Waals surface area contributed by atoms with E-state index in [0.29, 0.717) is 42.1 Å². The summed E-state index contributed by atoms with van der Waals surface area (Å²) in [6.45, 7) is 1.98. The standard InChI is InChI=1S/C21H17FN2O5S4/c1-3-28-19(26)17-12(16-13(22)5-4-6-15(16)32-17)10-31-21-24-23-20(33-21)30-9-11-7-8-14(29-11)18(25)27-2/h4-8H,3,9-10H2,1-2H3. The number of rotatable bonds is 9. The van der Waals surface area contributed by atoms with Crippen LogP contribution < -0.4 is 0 Å². The van der Waals surface area contributed by atoms with Crippen LogP contribution in [0.5, 0.6) is 0 Å². The summed E-state index contributed by atoms with van der Waals surface area (Å²) in [7, 11) is 1.29. The van der Waals surface area contributed by atoms with Crippen molar-refractivity contribution < 1.29 is 27.9 Å². The molecule has 33 heavy (non-hydrogen) atoms. The number of halogens is 1. The molecule has 0 atom stereocenters. The van der Waals surface area contributed by atoms with Crippen LogP contribution in [0.1, 0.15) is 38.5 Å². The SMILES string of the molecule is CCOC(=O)c1sc2cccc(F)c2c1CSc1nnc(SCc2ccc(C(=O)OC)o2)s1. The third-order valence-corrected chi connectivity index (χ3v) is 8.75. The van der Waals surface area contributed by atoms with Crippen molar-refractivity contribution in [1.29, 1.82) is 0 Å². The van der Waals surface area contributed by atoms with Gasteiger partial charge in [-0.1, -0.05) is 40.9 Å². The number of hydrogen-bond donors (Lipinski definition) is 0. The number of aromatic nitrogens is 2. The van der Waals surface area contributed by atoms with Crippen LogP contribution in [0.15, 0.2) is 43.4 Å². The average molecular weight is 525 g/mol. The maximum atomic E-state index is 14.6. The topological polar surface area (TPSA) is 91.5 Å². The predicted octanol–water partition coefficient (Wildman–Crippen LogP) is 6.03. The molecule has 3 heterocycles. The minimum Gasteiger partial charge on any atom is -0.463 e. The summed E-state index contributed by atoms with van der Waals surface area (Å²) in [6, 6.07) is 8.08. The number of nitrogens with zero attached hydrogens (tertiary/aromatic N) is 2. The molecule has 3 aromatic heterocycles. The van der Waals surface area contributed by atoms with Gasteiger partial charge in [0.1, 0.15) is 16.5 Å². The highest BCUT2D eigenvalue weighted by molar-refractivity contribution is 8.02. The minimum absolute atomic E-state index is 0.147. The first kappa shape index (κ1) is 23.7. The Morgan fingerprint density at radius 1 is 1.06 bits per heavy atom. The zero-order valence-corrected chi connectivity index (χ0v) is 20.7. The molecule has 0 fully saturated rings. The molecule has 4 rings (SSSR count). The summed E-state index contributed by atoms with van der Waals surface area (Å²) < 4.78 is 31.9. The second-order valence-electron chi connectivity index (χ2n) is 6.41. The number of thiophene rings is 1. The van der Waals surface area contributed by atoms with E-state index in [2.05, 4.69) is 14.9 Å². The fourth-order valence-electron chi connectivity index (χ4n) is 2.91. The summed E-state index contributed by atoms with van der Waals surface area (Å²) in [5.41, 5.74) is 0.604. The van der Waals surface area contributed by atoms with Gasteiger partial charge >= 0.3 is 11.9 Å². The number of thioether (sulfide) groups is 2. The van der Waals surface area contributed by atoms with Crippen molar-refractivity contribution in [2.45, 2.75) is 27.1 Å². The lowest BCUT2D eigenvalue weighted by Crippen LogP contribution is -2.04. The fourth-order valence-corrected chi connectivity index (χ4v) is 7.08. The van der Waals surface area contributed by atoms with Crippen LogP contribution in [-0.2, 0) is 21.0 Å². The normalized spacial score (nSPS) is 11.1. The second kappa shape index (κ2) is 10.7. The molecule has 0 spiro atoms. The number of ether oxygens (including phenoxy) is 2. The maximum absolute atomic E-state index is 14.6. The third kappa shape index (κ3) is 5.40. The van der Waals surface area contributed by atoms with Crippen LogP contribution >= 0.6 is 46.2 Å². The van der Waals surface area contributed by atoms with Crippen molar-refractivity contribution in [1.82, 2.24) is 10.2 Å². The number of esters is 2. The molecule has 1 aromatic carbocycles. The van der Waals surface area contributed by atoms with Crippen LogP contribution in [0, 0.1) is 5.82 Å². The van der Waals surface area contributed by atoms with Gasteiger partial charge in [-0.2, -0.15) is 0 Å². The van der Waals surface area contributed by atoms with Crippen molar-refractivity contribution >= 4 is 68.2 Å². The monoisotopic (exact) mass is 524 g/mol. The van der Waals surface area contributed by atoms with Crippen molar-refractivity contribution in [2.75, 3.05) is 13.7 Å². The third-order valence-electron chi connectivity index (χ3n) is 4.34. The average Bonchev–Trinajstić information content (AvgIpc) is 3.54. The van der Waals surface area contributed by atoms with E-state index in [9.17, 15) is 14.0 Å². The Balaban J connectivity index is 1.45. The Morgan fingerprint density at radius 2 is 1.82 bits per heavy atom. The van der Waals surface area contributed by atoms with E-state index in [1.54, 1.807) is 31.2 Å². The lowest BCUT2D eigenvalue weighted by molar-refractivity contribution is 0.0529. The second-order valence-corrected chi connectivity index (χ2v) is 10.9. The number of fused-ring (bicyclic) bond motifs is 1. The van der Waals surface area contributed by atoms with Gasteiger partial charge in [-0.3, -0.25) is 0 Å². The van der Waals surface area contributed by atoms with Crippen LogP contribution in [0.2, 0.25) is 0 Å². The van der Waals surface area contributed by atoms with E-state index in [1.165, 1.54) is 59.4 Å². The Bertz CT molecular complexity index is 1300. The van der Waals surface area contributed by atoms with Crippen molar-refractivity contribution in [2.24, 2.45) is 0 Å². The van der Waals surface area contributed by atoms with E-state index in [0.717, 1.165) is 4.34 Å². The van der Waals surface area contributed by atoms with E-state index < -0.39 is 11.9 Å². The molecule has 0 aliphatic rings. The summed E-state index contributed by atoms with van der Waals surface area (Å²) >= 11 is 5.43. The number of hydrogen-bond acceptors (Lipinski definition) is 11. The Labute approximate surface area is 204 Å². The molecule has 4 aromatic rings. The van der Waals surface area contributed by atoms with Gasteiger partial charge in [0.2, 0.25) is 5.76 Å². The van der Waals surface area contributed by atoms with Crippen molar-refractivity contribution in [3.8, 4) is 0 Å². The molecule has 0 unspecified atom stereocenters. The largest absolute Gasteiger partial charge is 0.463 e. The smallest absolute Gasteiger partial charge is 0.373 e. The molecule has 0 N–H and O–H groups in total. The molecule has 0 saturated carbocycles.